The Hall–Kier alpha value is -2.29. The summed E-state index contributed by atoms with van der Waals surface area (Å²) in [6.07, 6.45) is 4.76. The molecular formula is C20H19FO2. The Morgan fingerprint density at radius 3 is 2.17 bits per heavy atom. The largest absolute Gasteiger partial charge is 0.294 e. The van der Waals surface area contributed by atoms with Crippen LogP contribution in [-0.4, -0.2) is 11.6 Å². The molecule has 1 aliphatic carbocycles. The van der Waals surface area contributed by atoms with Gasteiger partial charge in [-0.1, -0.05) is 24.3 Å². The number of fused-ring (bicyclic) bond motifs is 1. The number of carbonyl (C=O) groups excluding carboxylic acids is 2. The molecule has 0 amide bonds. The number of benzene rings is 2. The number of ketones is 2. The monoisotopic (exact) mass is 310 g/mol. The Labute approximate surface area is 135 Å². The highest BCUT2D eigenvalue weighted by atomic mass is 19.1. The first-order valence-corrected chi connectivity index (χ1v) is 8.07. The lowest BCUT2D eigenvalue weighted by molar-refractivity contribution is 0.0917. The number of hydrogen-bond donors (Lipinski definition) is 0. The standard InChI is InChI=1S/C20H19FO2/c21-18-7-3-6-16(13-18)19(22)10-11-20(23)17-9-8-14-4-1-2-5-15(14)12-17/h3,6-9,12-13H,1-2,4-5,10-11H2. The van der Waals surface area contributed by atoms with Crippen molar-refractivity contribution >= 4 is 11.6 Å². The van der Waals surface area contributed by atoms with Crippen LogP contribution in [0, 0.1) is 5.82 Å². The molecule has 0 fully saturated rings. The first-order valence-electron chi connectivity index (χ1n) is 8.07. The predicted octanol–water partition coefficient (Wildman–Crippen LogP) is 4.55. The summed E-state index contributed by atoms with van der Waals surface area (Å²) in [5.41, 5.74) is 3.60. The maximum atomic E-state index is 13.1. The summed E-state index contributed by atoms with van der Waals surface area (Å²) in [7, 11) is 0. The number of Topliss-reactive ketones (excluding diaryl/α,β-unsaturated/α-hetero) is 2. The summed E-state index contributed by atoms with van der Waals surface area (Å²) >= 11 is 0. The van der Waals surface area contributed by atoms with Crippen molar-refractivity contribution in [3.8, 4) is 0 Å². The number of aryl methyl sites for hydroxylation is 2. The minimum absolute atomic E-state index is 0.0249. The van der Waals surface area contributed by atoms with E-state index >= 15 is 0 Å². The number of halogens is 1. The topological polar surface area (TPSA) is 34.1 Å². The van der Waals surface area contributed by atoms with E-state index in [0.29, 0.717) is 11.1 Å². The second-order valence-corrected chi connectivity index (χ2v) is 6.05. The van der Waals surface area contributed by atoms with E-state index in [9.17, 15) is 14.0 Å². The third kappa shape index (κ3) is 3.73. The van der Waals surface area contributed by atoms with E-state index in [2.05, 4.69) is 0 Å². The Kier molecular flexibility index (Phi) is 4.65. The lowest BCUT2D eigenvalue weighted by atomic mass is 9.89. The summed E-state index contributed by atoms with van der Waals surface area (Å²) in [4.78, 5) is 24.4. The fourth-order valence-electron chi connectivity index (χ4n) is 3.08. The van der Waals surface area contributed by atoms with Gasteiger partial charge in [0.15, 0.2) is 11.6 Å². The van der Waals surface area contributed by atoms with Crippen LogP contribution in [0.5, 0.6) is 0 Å². The Morgan fingerprint density at radius 2 is 1.48 bits per heavy atom. The first kappa shape index (κ1) is 15.6. The molecule has 2 nitrogen and oxygen atoms in total. The SMILES string of the molecule is O=C(CCC(=O)c1ccc2c(c1)CCCC2)c1cccc(F)c1. The summed E-state index contributed by atoms with van der Waals surface area (Å²) in [5.74, 6) is -0.657. The lowest BCUT2D eigenvalue weighted by Gasteiger charge is -2.16. The molecule has 2 aromatic carbocycles. The second-order valence-electron chi connectivity index (χ2n) is 6.05. The Bertz CT molecular complexity index is 749. The van der Waals surface area contributed by atoms with Crippen LogP contribution in [-0.2, 0) is 12.8 Å². The Balaban J connectivity index is 1.64. The smallest absolute Gasteiger partial charge is 0.163 e. The predicted molar refractivity (Wildman–Crippen MR) is 87.4 cm³/mol. The van der Waals surface area contributed by atoms with E-state index in [-0.39, 0.29) is 24.4 Å². The van der Waals surface area contributed by atoms with Gasteiger partial charge in [-0.25, -0.2) is 4.39 Å². The fourth-order valence-corrected chi connectivity index (χ4v) is 3.08. The van der Waals surface area contributed by atoms with E-state index in [0.717, 1.165) is 12.8 Å². The highest BCUT2D eigenvalue weighted by molar-refractivity contribution is 6.02. The van der Waals surface area contributed by atoms with Gasteiger partial charge in [0.2, 0.25) is 0 Å². The molecule has 0 saturated heterocycles. The third-order valence-electron chi connectivity index (χ3n) is 4.40. The van der Waals surface area contributed by atoms with Crippen molar-refractivity contribution in [3.05, 3.63) is 70.5 Å². The summed E-state index contributed by atoms with van der Waals surface area (Å²) in [5, 5.41) is 0. The van der Waals surface area contributed by atoms with Crippen molar-refractivity contribution in [3.63, 3.8) is 0 Å². The maximum absolute atomic E-state index is 13.1. The third-order valence-corrected chi connectivity index (χ3v) is 4.40. The first-order chi connectivity index (χ1) is 11.1. The van der Waals surface area contributed by atoms with Crippen LogP contribution in [0.1, 0.15) is 57.5 Å². The molecule has 0 saturated carbocycles. The molecular weight excluding hydrogens is 291 g/mol. The van der Waals surface area contributed by atoms with E-state index < -0.39 is 5.82 Å². The normalized spacial score (nSPS) is 13.4. The van der Waals surface area contributed by atoms with Crippen molar-refractivity contribution in [1.82, 2.24) is 0 Å². The molecule has 0 bridgehead atoms. The van der Waals surface area contributed by atoms with Crippen LogP contribution in [0.15, 0.2) is 42.5 Å². The zero-order valence-corrected chi connectivity index (χ0v) is 13.0. The average Bonchev–Trinajstić information content (AvgIpc) is 2.59. The van der Waals surface area contributed by atoms with Gasteiger partial charge < -0.3 is 0 Å². The van der Waals surface area contributed by atoms with Gasteiger partial charge in [-0.2, -0.15) is 0 Å². The van der Waals surface area contributed by atoms with Crippen LogP contribution >= 0.6 is 0 Å². The molecule has 0 aromatic heterocycles. The minimum Gasteiger partial charge on any atom is -0.294 e. The van der Waals surface area contributed by atoms with Gasteiger partial charge in [0.05, 0.1) is 0 Å². The molecule has 0 N–H and O–H groups in total. The van der Waals surface area contributed by atoms with Crippen molar-refractivity contribution in [1.29, 1.82) is 0 Å². The van der Waals surface area contributed by atoms with Crippen LogP contribution < -0.4 is 0 Å². The molecule has 1 aliphatic rings. The van der Waals surface area contributed by atoms with Gasteiger partial charge in [0, 0.05) is 24.0 Å². The molecule has 3 heteroatoms. The van der Waals surface area contributed by atoms with E-state index in [4.69, 9.17) is 0 Å². The van der Waals surface area contributed by atoms with Crippen molar-refractivity contribution < 1.29 is 14.0 Å². The van der Waals surface area contributed by atoms with Gasteiger partial charge in [-0.15, -0.1) is 0 Å². The van der Waals surface area contributed by atoms with Crippen LogP contribution in [0.2, 0.25) is 0 Å². The molecule has 2 aromatic rings. The number of hydrogen-bond acceptors (Lipinski definition) is 2. The van der Waals surface area contributed by atoms with Gasteiger partial charge >= 0.3 is 0 Å². The van der Waals surface area contributed by atoms with E-state index in [1.165, 1.54) is 42.2 Å². The Morgan fingerprint density at radius 1 is 0.826 bits per heavy atom. The highest BCUT2D eigenvalue weighted by Gasteiger charge is 2.15. The van der Waals surface area contributed by atoms with Gasteiger partial charge in [-0.05, 0) is 55.0 Å². The number of carbonyl (C=O) groups is 2. The van der Waals surface area contributed by atoms with Gasteiger partial charge in [-0.3, -0.25) is 9.59 Å². The zero-order valence-electron chi connectivity index (χ0n) is 13.0. The van der Waals surface area contributed by atoms with Crippen molar-refractivity contribution in [2.75, 3.05) is 0 Å². The molecule has 0 unspecified atom stereocenters. The van der Waals surface area contributed by atoms with Gasteiger partial charge in [0.25, 0.3) is 0 Å². The molecule has 0 heterocycles. The number of rotatable bonds is 5. The minimum atomic E-state index is -0.433. The molecule has 23 heavy (non-hydrogen) atoms. The summed E-state index contributed by atoms with van der Waals surface area (Å²) < 4.78 is 13.1. The van der Waals surface area contributed by atoms with E-state index in [1.807, 2.05) is 18.2 Å². The summed E-state index contributed by atoms with van der Waals surface area (Å²) in [6, 6.07) is 11.5. The highest BCUT2D eigenvalue weighted by Crippen LogP contribution is 2.23. The van der Waals surface area contributed by atoms with Crippen molar-refractivity contribution in [2.24, 2.45) is 0 Å². The quantitative estimate of drug-likeness (QED) is 0.759. The van der Waals surface area contributed by atoms with Gasteiger partial charge in [0.1, 0.15) is 5.82 Å². The zero-order chi connectivity index (χ0) is 16.2. The molecule has 118 valence electrons. The molecule has 3 rings (SSSR count). The second kappa shape index (κ2) is 6.86. The lowest BCUT2D eigenvalue weighted by Crippen LogP contribution is -2.08. The molecule has 0 spiro atoms. The van der Waals surface area contributed by atoms with Crippen LogP contribution in [0.25, 0.3) is 0 Å². The van der Waals surface area contributed by atoms with Crippen LogP contribution in [0.3, 0.4) is 0 Å². The molecule has 0 atom stereocenters. The van der Waals surface area contributed by atoms with E-state index in [1.54, 1.807) is 6.07 Å². The molecule has 0 aliphatic heterocycles. The van der Waals surface area contributed by atoms with Crippen molar-refractivity contribution in [2.45, 2.75) is 38.5 Å². The maximum Gasteiger partial charge on any atom is 0.163 e. The summed E-state index contributed by atoms with van der Waals surface area (Å²) in [6.45, 7) is 0. The average molecular weight is 310 g/mol. The molecule has 0 radical (unpaired) electrons. The van der Waals surface area contributed by atoms with Crippen LogP contribution in [0.4, 0.5) is 4.39 Å². The fraction of sp³-hybridized carbons (Fsp3) is 0.300.